The highest BCUT2D eigenvalue weighted by atomic mass is 16.5. The van der Waals surface area contributed by atoms with Gasteiger partial charge < -0.3 is 9.47 Å². The van der Waals surface area contributed by atoms with Gasteiger partial charge in [0.15, 0.2) is 0 Å². The van der Waals surface area contributed by atoms with Gasteiger partial charge in [-0.25, -0.2) is 0 Å². The molecule has 4 nitrogen and oxygen atoms in total. The third kappa shape index (κ3) is 4.43. The van der Waals surface area contributed by atoms with Crippen LogP contribution in [0.15, 0.2) is 24.3 Å². The Kier molecular flexibility index (Phi) is 5.49. The summed E-state index contributed by atoms with van der Waals surface area (Å²) in [6.45, 7) is 9.26. The molecule has 4 heteroatoms. The van der Waals surface area contributed by atoms with E-state index in [0.717, 1.165) is 58.2 Å². The fourth-order valence-corrected chi connectivity index (χ4v) is 2.85. The van der Waals surface area contributed by atoms with Crippen LogP contribution in [0.2, 0.25) is 0 Å². The van der Waals surface area contributed by atoms with Crippen LogP contribution in [0, 0.1) is 0 Å². The van der Waals surface area contributed by atoms with Crippen LogP contribution in [0.3, 0.4) is 0 Å². The molecule has 0 spiro atoms. The number of hydrogen-bond acceptors (Lipinski definition) is 4. The molecule has 0 saturated carbocycles. The second-order valence-corrected chi connectivity index (χ2v) is 5.89. The maximum absolute atomic E-state index is 6.01. The highest BCUT2D eigenvalue weighted by molar-refractivity contribution is 5.33. The molecule has 0 unspecified atom stereocenters. The average Bonchev–Trinajstić information content (AvgIpc) is 2.49. The molecule has 0 amide bonds. The minimum absolute atomic E-state index is 0.800. The summed E-state index contributed by atoms with van der Waals surface area (Å²) in [6, 6.07) is 8.46. The van der Waals surface area contributed by atoms with Gasteiger partial charge in [-0.3, -0.25) is 9.80 Å². The van der Waals surface area contributed by atoms with Gasteiger partial charge in [0.05, 0.1) is 19.8 Å². The van der Waals surface area contributed by atoms with Gasteiger partial charge in [-0.15, -0.1) is 0 Å². The molecule has 0 radical (unpaired) electrons. The van der Waals surface area contributed by atoms with Gasteiger partial charge >= 0.3 is 0 Å². The molecule has 2 saturated heterocycles. The molecular formula is C17H26N2O2. The van der Waals surface area contributed by atoms with Crippen LogP contribution >= 0.6 is 0 Å². The van der Waals surface area contributed by atoms with E-state index >= 15 is 0 Å². The van der Waals surface area contributed by atoms with E-state index in [2.05, 4.69) is 34.1 Å². The van der Waals surface area contributed by atoms with Crippen LogP contribution in [0.25, 0.3) is 0 Å². The summed E-state index contributed by atoms with van der Waals surface area (Å²) in [5.74, 6) is 1.06. The van der Waals surface area contributed by atoms with Crippen molar-refractivity contribution in [1.82, 2.24) is 9.80 Å². The van der Waals surface area contributed by atoms with Crippen molar-refractivity contribution in [1.29, 1.82) is 0 Å². The van der Waals surface area contributed by atoms with E-state index in [0.29, 0.717) is 0 Å². The van der Waals surface area contributed by atoms with Crippen molar-refractivity contribution in [3.05, 3.63) is 29.8 Å². The number of hydrogen-bond donors (Lipinski definition) is 0. The summed E-state index contributed by atoms with van der Waals surface area (Å²) >= 11 is 0. The van der Waals surface area contributed by atoms with Gasteiger partial charge in [0, 0.05) is 31.7 Å². The van der Waals surface area contributed by atoms with Crippen LogP contribution in [0.4, 0.5) is 0 Å². The van der Waals surface area contributed by atoms with Gasteiger partial charge in [-0.1, -0.05) is 18.2 Å². The Morgan fingerprint density at radius 1 is 1.00 bits per heavy atom. The third-order valence-corrected chi connectivity index (χ3v) is 4.30. The van der Waals surface area contributed by atoms with Crippen molar-refractivity contribution in [3.63, 3.8) is 0 Å². The predicted octanol–water partition coefficient (Wildman–Crippen LogP) is 1.99. The molecule has 0 bridgehead atoms. The van der Waals surface area contributed by atoms with Crippen molar-refractivity contribution in [2.75, 3.05) is 52.5 Å². The van der Waals surface area contributed by atoms with Gasteiger partial charge in [-0.2, -0.15) is 0 Å². The summed E-state index contributed by atoms with van der Waals surface area (Å²) in [7, 11) is 0. The second kappa shape index (κ2) is 7.78. The molecule has 2 fully saturated rings. The molecule has 0 aliphatic carbocycles. The minimum Gasteiger partial charge on any atom is -0.493 e. The highest BCUT2D eigenvalue weighted by Gasteiger charge is 2.16. The fourth-order valence-electron chi connectivity index (χ4n) is 2.85. The van der Waals surface area contributed by atoms with E-state index in [9.17, 15) is 0 Å². The normalized spacial score (nSPS) is 20.2. The van der Waals surface area contributed by atoms with Gasteiger partial charge in [0.25, 0.3) is 0 Å². The summed E-state index contributed by atoms with van der Waals surface area (Å²) in [5, 5.41) is 0. The van der Waals surface area contributed by atoms with E-state index in [1.54, 1.807) is 0 Å². The second-order valence-electron chi connectivity index (χ2n) is 5.89. The van der Waals surface area contributed by atoms with Gasteiger partial charge in [0.2, 0.25) is 0 Å². The lowest BCUT2D eigenvalue weighted by molar-refractivity contribution is 0.0357. The lowest BCUT2D eigenvalue weighted by Gasteiger charge is -2.31. The number of ether oxygens (including phenoxy) is 2. The lowest BCUT2D eigenvalue weighted by Crippen LogP contribution is -2.37. The molecule has 3 rings (SSSR count). The van der Waals surface area contributed by atoms with Crippen molar-refractivity contribution >= 4 is 0 Å². The molecule has 21 heavy (non-hydrogen) atoms. The summed E-state index contributed by atoms with van der Waals surface area (Å²) in [6.07, 6.45) is 2.42. The van der Waals surface area contributed by atoms with E-state index < -0.39 is 0 Å². The fraction of sp³-hybridized carbons (Fsp3) is 0.647. The smallest absolute Gasteiger partial charge is 0.123 e. The van der Waals surface area contributed by atoms with Crippen LogP contribution in [0.5, 0.6) is 5.75 Å². The van der Waals surface area contributed by atoms with E-state index in [1.807, 2.05) is 0 Å². The van der Waals surface area contributed by atoms with Crippen molar-refractivity contribution in [3.8, 4) is 5.75 Å². The van der Waals surface area contributed by atoms with Crippen LogP contribution in [-0.2, 0) is 11.3 Å². The Hall–Kier alpha value is -1.10. The molecule has 2 aliphatic rings. The zero-order valence-electron chi connectivity index (χ0n) is 12.8. The number of morpholine rings is 1. The summed E-state index contributed by atoms with van der Waals surface area (Å²) in [4.78, 5) is 4.93. The average molecular weight is 290 g/mol. The monoisotopic (exact) mass is 290 g/mol. The van der Waals surface area contributed by atoms with Crippen LogP contribution in [0.1, 0.15) is 18.4 Å². The highest BCUT2D eigenvalue weighted by Crippen LogP contribution is 2.22. The minimum atomic E-state index is 0.800. The van der Waals surface area contributed by atoms with Gasteiger partial charge in [0.1, 0.15) is 5.75 Å². The first-order chi connectivity index (χ1) is 10.4. The summed E-state index contributed by atoms with van der Waals surface area (Å²) in [5.41, 5.74) is 1.32. The Balaban J connectivity index is 1.41. The maximum Gasteiger partial charge on any atom is 0.123 e. The molecule has 0 atom stereocenters. The van der Waals surface area contributed by atoms with E-state index in [4.69, 9.17) is 9.47 Å². The zero-order valence-corrected chi connectivity index (χ0v) is 12.8. The molecule has 2 aliphatic heterocycles. The van der Waals surface area contributed by atoms with Crippen LogP contribution in [-0.4, -0.2) is 62.3 Å². The third-order valence-electron chi connectivity index (χ3n) is 4.30. The Bertz CT molecular complexity index is 429. The zero-order chi connectivity index (χ0) is 14.3. The topological polar surface area (TPSA) is 24.9 Å². The SMILES string of the molecule is c1ccc(OCCCN2CCOCC2)c(CN2CCC2)c1. The number of likely N-dealkylation sites (tertiary alicyclic amines) is 1. The largest absolute Gasteiger partial charge is 0.493 e. The van der Waals surface area contributed by atoms with Crippen molar-refractivity contribution in [2.45, 2.75) is 19.4 Å². The quantitative estimate of drug-likeness (QED) is 0.717. The first kappa shape index (κ1) is 14.8. The maximum atomic E-state index is 6.01. The van der Waals surface area contributed by atoms with Crippen molar-refractivity contribution < 1.29 is 9.47 Å². The lowest BCUT2D eigenvalue weighted by atomic mass is 10.1. The Labute approximate surface area is 127 Å². The number of rotatable bonds is 7. The summed E-state index contributed by atoms with van der Waals surface area (Å²) < 4.78 is 11.4. The molecule has 116 valence electrons. The van der Waals surface area contributed by atoms with Gasteiger partial charge in [-0.05, 0) is 32.0 Å². The Morgan fingerprint density at radius 3 is 2.57 bits per heavy atom. The first-order valence-corrected chi connectivity index (χ1v) is 8.15. The number of benzene rings is 1. The molecule has 0 N–H and O–H groups in total. The van der Waals surface area contributed by atoms with E-state index in [1.165, 1.54) is 25.1 Å². The molecule has 2 heterocycles. The number of para-hydroxylation sites is 1. The molecular weight excluding hydrogens is 264 g/mol. The van der Waals surface area contributed by atoms with E-state index in [-0.39, 0.29) is 0 Å². The molecule has 1 aromatic carbocycles. The first-order valence-electron chi connectivity index (χ1n) is 8.15. The molecule has 1 aromatic rings. The van der Waals surface area contributed by atoms with Crippen molar-refractivity contribution in [2.24, 2.45) is 0 Å². The predicted molar refractivity (Wildman–Crippen MR) is 83.7 cm³/mol. The standard InChI is InChI=1S/C17H26N2O2/c1-2-6-17(16(5-1)15-19-7-3-8-19)21-12-4-9-18-10-13-20-14-11-18/h1-2,5-6H,3-4,7-15H2. The number of nitrogens with zero attached hydrogens (tertiary/aromatic N) is 2. The van der Waals surface area contributed by atoms with Crippen LogP contribution < -0.4 is 4.74 Å². The molecule has 0 aromatic heterocycles. The Morgan fingerprint density at radius 2 is 1.81 bits per heavy atom.